The van der Waals surface area contributed by atoms with Crippen LogP contribution in [0, 0.1) is 6.92 Å². The Kier molecular flexibility index (Phi) is 3.90. The van der Waals surface area contributed by atoms with Gasteiger partial charge in [0, 0.05) is 25.5 Å². The van der Waals surface area contributed by atoms with E-state index < -0.39 is 6.04 Å². The molecule has 1 aromatic rings. The van der Waals surface area contributed by atoms with Crippen molar-refractivity contribution in [3.05, 3.63) is 23.8 Å². The molecule has 0 aromatic heterocycles. The van der Waals surface area contributed by atoms with Gasteiger partial charge >= 0.3 is 0 Å². The van der Waals surface area contributed by atoms with Crippen molar-refractivity contribution in [1.82, 2.24) is 0 Å². The van der Waals surface area contributed by atoms with Crippen LogP contribution in [0.4, 0.5) is 11.4 Å². The Bertz CT molecular complexity index is 386. The fraction of sp³-hybridized carbons (Fsp3) is 0.417. The van der Waals surface area contributed by atoms with E-state index in [0.717, 1.165) is 16.9 Å². The number of nitrogens with two attached hydrogens (primary N) is 1. The van der Waals surface area contributed by atoms with Crippen LogP contribution in [-0.4, -0.2) is 26.0 Å². The summed E-state index contributed by atoms with van der Waals surface area (Å²) >= 11 is 0. The van der Waals surface area contributed by atoms with E-state index in [4.69, 9.17) is 5.73 Å². The molecule has 0 saturated heterocycles. The van der Waals surface area contributed by atoms with Crippen LogP contribution in [0.1, 0.15) is 12.5 Å². The smallest absolute Gasteiger partial charge is 0.241 e. The maximum Gasteiger partial charge on any atom is 0.241 e. The molecule has 0 radical (unpaired) electrons. The summed E-state index contributed by atoms with van der Waals surface area (Å²) in [6.07, 6.45) is 0. The van der Waals surface area contributed by atoms with Crippen LogP contribution in [0.15, 0.2) is 18.2 Å². The minimum absolute atomic E-state index is 0.168. The lowest BCUT2D eigenvalue weighted by atomic mass is 10.1. The van der Waals surface area contributed by atoms with E-state index in [1.54, 1.807) is 6.92 Å². The van der Waals surface area contributed by atoms with Gasteiger partial charge in [-0.15, -0.1) is 0 Å². The molecule has 1 amide bonds. The maximum absolute atomic E-state index is 11.5. The monoisotopic (exact) mass is 221 g/mol. The van der Waals surface area contributed by atoms with E-state index in [1.165, 1.54) is 0 Å². The number of hydrogen-bond donors (Lipinski definition) is 2. The largest absolute Gasteiger partial charge is 0.377 e. The van der Waals surface area contributed by atoms with Gasteiger partial charge in [0.05, 0.1) is 6.04 Å². The van der Waals surface area contributed by atoms with Gasteiger partial charge in [0.15, 0.2) is 0 Å². The maximum atomic E-state index is 11.5. The van der Waals surface area contributed by atoms with Gasteiger partial charge in [-0.05, 0) is 31.5 Å². The Hall–Kier alpha value is -1.55. The minimum atomic E-state index is -0.498. The third kappa shape index (κ3) is 2.73. The first-order chi connectivity index (χ1) is 7.43. The van der Waals surface area contributed by atoms with Crippen molar-refractivity contribution in [2.75, 3.05) is 24.3 Å². The van der Waals surface area contributed by atoms with Crippen LogP contribution in [0.3, 0.4) is 0 Å². The number of benzene rings is 1. The molecule has 0 aliphatic rings. The van der Waals surface area contributed by atoms with E-state index in [1.807, 2.05) is 44.1 Å². The molecule has 1 unspecified atom stereocenters. The molecule has 0 heterocycles. The summed E-state index contributed by atoms with van der Waals surface area (Å²) in [6.45, 7) is 3.65. The normalized spacial score (nSPS) is 12.1. The van der Waals surface area contributed by atoms with Crippen LogP contribution in [0.5, 0.6) is 0 Å². The zero-order valence-electron chi connectivity index (χ0n) is 10.2. The summed E-state index contributed by atoms with van der Waals surface area (Å²) in [6, 6.07) is 5.31. The molecule has 0 aliphatic heterocycles. The quantitative estimate of drug-likeness (QED) is 0.810. The molecule has 4 heteroatoms. The second-order valence-corrected chi connectivity index (χ2v) is 4.12. The first kappa shape index (κ1) is 12.5. The summed E-state index contributed by atoms with van der Waals surface area (Å²) < 4.78 is 0. The molecule has 0 bridgehead atoms. The van der Waals surface area contributed by atoms with E-state index in [2.05, 4.69) is 5.32 Å². The summed E-state index contributed by atoms with van der Waals surface area (Å²) in [5.74, 6) is -0.168. The second kappa shape index (κ2) is 4.99. The molecule has 1 rings (SSSR count). The lowest BCUT2D eigenvalue weighted by molar-refractivity contribution is -0.117. The molecule has 88 valence electrons. The van der Waals surface area contributed by atoms with Crippen molar-refractivity contribution in [2.24, 2.45) is 5.73 Å². The highest BCUT2D eigenvalue weighted by atomic mass is 16.2. The Labute approximate surface area is 96.4 Å². The first-order valence-corrected chi connectivity index (χ1v) is 5.27. The Morgan fingerprint density at radius 2 is 2.06 bits per heavy atom. The van der Waals surface area contributed by atoms with Gasteiger partial charge in [0.2, 0.25) is 5.91 Å². The number of nitrogens with one attached hydrogen (secondary N) is 1. The molecule has 0 aliphatic carbocycles. The highest BCUT2D eigenvalue weighted by Crippen LogP contribution is 2.25. The van der Waals surface area contributed by atoms with Crippen LogP contribution in [0.2, 0.25) is 0 Å². The standard InChI is InChI=1S/C12H19N3O/c1-8-10(14-12(16)9(2)13)6-5-7-11(8)15(3)4/h5-7,9H,13H2,1-4H3,(H,14,16). The van der Waals surface area contributed by atoms with Gasteiger partial charge < -0.3 is 16.0 Å². The predicted molar refractivity (Wildman–Crippen MR) is 67.8 cm³/mol. The third-order valence-corrected chi connectivity index (χ3v) is 2.46. The van der Waals surface area contributed by atoms with E-state index >= 15 is 0 Å². The Morgan fingerprint density at radius 3 is 2.56 bits per heavy atom. The van der Waals surface area contributed by atoms with E-state index in [0.29, 0.717) is 0 Å². The van der Waals surface area contributed by atoms with Gasteiger partial charge in [0.1, 0.15) is 0 Å². The summed E-state index contributed by atoms with van der Waals surface area (Å²) in [5.41, 5.74) is 8.45. The number of hydrogen-bond acceptors (Lipinski definition) is 3. The molecule has 0 spiro atoms. The van der Waals surface area contributed by atoms with Gasteiger partial charge in [-0.1, -0.05) is 6.07 Å². The van der Waals surface area contributed by atoms with Gasteiger partial charge in [0.25, 0.3) is 0 Å². The number of amides is 1. The molecule has 1 atom stereocenters. The van der Waals surface area contributed by atoms with Crippen LogP contribution < -0.4 is 16.0 Å². The number of carbonyl (C=O) groups excluding carboxylic acids is 1. The average molecular weight is 221 g/mol. The number of nitrogens with zero attached hydrogens (tertiary/aromatic N) is 1. The predicted octanol–water partition coefficient (Wildman–Crippen LogP) is 1.35. The van der Waals surface area contributed by atoms with Crippen molar-refractivity contribution in [3.63, 3.8) is 0 Å². The molecule has 3 N–H and O–H groups in total. The number of anilines is 2. The molecule has 0 saturated carbocycles. The molecule has 0 fully saturated rings. The Morgan fingerprint density at radius 1 is 1.44 bits per heavy atom. The van der Waals surface area contributed by atoms with Crippen molar-refractivity contribution >= 4 is 17.3 Å². The van der Waals surface area contributed by atoms with Crippen LogP contribution in [0.25, 0.3) is 0 Å². The SMILES string of the molecule is Cc1c(NC(=O)C(C)N)cccc1N(C)C. The summed E-state index contributed by atoms with van der Waals surface area (Å²) in [4.78, 5) is 13.5. The van der Waals surface area contributed by atoms with Gasteiger partial charge in [-0.3, -0.25) is 4.79 Å². The fourth-order valence-electron chi connectivity index (χ4n) is 1.49. The zero-order chi connectivity index (χ0) is 12.3. The third-order valence-electron chi connectivity index (χ3n) is 2.46. The average Bonchev–Trinajstić information content (AvgIpc) is 2.20. The zero-order valence-corrected chi connectivity index (χ0v) is 10.2. The molecular formula is C12H19N3O. The lowest BCUT2D eigenvalue weighted by Gasteiger charge is -2.18. The molecular weight excluding hydrogens is 202 g/mol. The van der Waals surface area contributed by atoms with Crippen molar-refractivity contribution in [2.45, 2.75) is 19.9 Å². The summed E-state index contributed by atoms with van der Waals surface area (Å²) in [5, 5.41) is 2.81. The summed E-state index contributed by atoms with van der Waals surface area (Å²) in [7, 11) is 3.94. The van der Waals surface area contributed by atoms with E-state index in [-0.39, 0.29) is 5.91 Å². The molecule has 1 aromatic carbocycles. The highest BCUT2D eigenvalue weighted by molar-refractivity contribution is 5.95. The Balaban J connectivity index is 2.98. The molecule has 4 nitrogen and oxygen atoms in total. The lowest BCUT2D eigenvalue weighted by Crippen LogP contribution is -2.32. The van der Waals surface area contributed by atoms with Gasteiger partial charge in [-0.25, -0.2) is 0 Å². The van der Waals surface area contributed by atoms with Crippen molar-refractivity contribution in [3.8, 4) is 0 Å². The highest BCUT2D eigenvalue weighted by Gasteiger charge is 2.11. The number of carbonyl (C=O) groups is 1. The topological polar surface area (TPSA) is 58.4 Å². The molecule has 16 heavy (non-hydrogen) atoms. The van der Waals surface area contributed by atoms with E-state index in [9.17, 15) is 4.79 Å². The van der Waals surface area contributed by atoms with Crippen molar-refractivity contribution < 1.29 is 4.79 Å². The first-order valence-electron chi connectivity index (χ1n) is 5.27. The van der Waals surface area contributed by atoms with Crippen LogP contribution in [-0.2, 0) is 4.79 Å². The number of rotatable bonds is 3. The second-order valence-electron chi connectivity index (χ2n) is 4.12. The van der Waals surface area contributed by atoms with Crippen molar-refractivity contribution in [1.29, 1.82) is 0 Å². The minimum Gasteiger partial charge on any atom is -0.377 e. The van der Waals surface area contributed by atoms with Gasteiger partial charge in [-0.2, -0.15) is 0 Å². The van der Waals surface area contributed by atoms with Crippen LogP contribution >= 0.6 is 0 Å². The fourth-order valence-corrected chi connectivity index (χ4v) is 1.49.